The van der Waals surface area contributed by atoms with Gasteiger partial charge in [-0.1, -0.05) is 43.3 Å². The molecule has 1 unspecified atom stereocenters. The van der Waals surface area contributed by atoms with Crippen molar-refractivity contribution in [1.82, 2.24) is 9.88 Å². The Kier molecular flexibility index (Phi) is 4.87. The molecular weight excluding hydrogens is 332 g/mol. The first kappa shape index (κ1) is 17.6. The molecule has 0 bridgehead atoms. The predicted molar refractivity (Wildman–Crippen MR) is 108 cm³/mol. The summed E-state index contributed by atoms with van der Waals surface area (Å²) < 4.78 is 0. The first-order valence-corrected chi connectivity index (χ1v) is 9.50. The lowest BCUT2D eigenvalue weighted by Crippen LogP contribution is -2.22. The molecule has 1 aliphatic rings. The summed E-state index contributed by atoms with van der Waals surface area (Å²) in [7, 11) is 0. The van der Waals surface area contributed by atoms with Crippen LogP contribution < -0.4 is 0 Å². The number of benzene rings is 2. The van der Waals surface area contributed by atoms with E-state index in [2.05, 4.69) is 66.2 Å². The Bertz CT molecular complexity index is 948. The van der Waals surface area contributed by atoms with Crippen molar-refractivity contribution in [3.63, 3.8) is 0 Å². The second-order valence-corrected chi connectivity index (χ2v) is 7.26. The molecule has 0 fully saturated rings. The molecule has 136 valence electrons. The van der Waals surface area contributed by atoms with E-state index in [1.54, 1.807) is 6.20 Å². The molecule has 1 aliphatic heterocycles. The standard InChI is InChI=1S/C24H24N2O/c1-3-18-6-8-19(9-7-18)14-26-15-22-12-21(20-5-4-10-25-13-20)11-17(2)24(22)23(26)16-27/h4-13,16,23H,3,14-15H2,1-2H3. The van der Waals surface area contributed by atoms with Crippen LogP contribution in [0.2, 0.25) is 0 Å². The third-order valence-electron chi connectivity index (χ3n) is 5.48. The molecule has 0 saturated heterocycles. The molecule has 0 N–H and O–H groups in total. The van der Waals surface area contributed by atoms with Gasteiger partial charge in [-0.15, -0.1) is 0 Å². The number of rotatable bonds is 5. The van der Waals surface area contributed by atoms with Crippen LogP contribution in [0.15, 0.2) is 60.9 Å². The number of aryl methyl sites for hydroxylation is 2. The summed E-state index contributed by atoms with van der Waals surface area (Å²) >= 11 is 0. The normalized spacial score (nSPS) is 16.3. The zero-order valence-electron chi connectivity index (χ0n) is 15.9. The zero-order valence-corrected chi connectivity index (χ0v) is 15.9. The van der Waals surface area contributed by atoms with E-state index in [9.17, 15) is 4.79 Å². The van der Waals surface area contributed by atoms with Gasteiger partial charge in [0.1, 0.15) is 6.29 Å². The van der Waals surface area contributed by atoms with Crippen molar-refractivity contribution in [2.75, 3.05) is 0 Å². The highest BCUT2D eigenvalue weighted by Crippen LogP contribution is 2.38. The lowest BCUT2D eigenvalue weighted by Gasteiger charge is -2.21. The molecule has 0 amide bonds. The summed E-state index contributed by atoms with van der Waals surface area (Å²) in [5.41, 5.74) is 8.45. The van der Waals surface area contributed by atoms with E-state index in [4.69, 9.17) is 0 Å². The molecule has 27 heavy (non-hydrogen) atoms. The van der Waals surface area contributed by atoms with Crippen LogP contribution in [0.3, 0.4) is 0 Å². The summed E-state index contributed by atoms with van der Waals surface area (Å²) in [4.78, 5) is 18.4. The minimum atomic E-state index is -0.172. The number of hydrogen-bond donors (Lipinski definition) is 0. The van der Waals surface area contributed by atoms with Crippen LogP contribution in [0.4, 0.5) is 0 Å². The van der Waals surface area contributed by atoms with Gasteiger partial charge in [-0.2, -0.15) is 0 Å². The van der Waals surface area contributed by atoms with Gasteiger partial charge in [-0.05, 0) is 58.9 Å². The van der Waals surface area contributed by atoms with Gasteiger partial charge in [0.05, 0.1) is 6.04 Å². The van der Waals surface area contributed by atoms with Crippen molar-refractivity contribution in [1.29, 1.82) is 0 Å². The fraction of sp³-hybridized carbons (Fsp3) is 0.250. The Morgan fingerprint density at radius 2 is 1.89 bits per heavy atom. The molecule has 1 atom stereocenters. The fourth-order valence-electron chi connectivity index (χ4n) is 4.05. The minimum absolute atomic E-state index is 0.172. The van der Waals surface area contributed by atoms with Crippen LogP contribution in [0, 0.1) is 6.92 Å². The molecular formula is C24H24N2O. The monoisotopic (exact) mass is 356 g/mol. The molecule has 2 aromatic carbocycles. The maximum atomic E-state index is 11.9. The van der Waals surface area contributed by atoms with Gasteiger partial charge in [0.25, 0.3) is 0 Å². The summed E-state index contributed by atoms with van der Waals surface area (Å²) in [6.45, 7) is 5.85. The Labute approximate surface area is 160 Å². The first-order valence-electron chi connectivity index (χ1n) is 9.50. The largest absolute Gasteiger partial charge is 0.301 e. The molecule has 3 nitrogen and oxygen atoms in total. The smallest absolute Gasteiger partial charge is 0.141 e. The maximum absolute atomic E-state index is 11.9. The summed E-state index contributed by atoms with van der Waals surface area (Å²) in [6, 6.07) is 17.0. The van der Waals surface area contributed by atoms with Gasteiger partial charge in [0, 0.05) is 31.0 Å². The van der Waals surface area contributed by atoms with E-state index in [-0.39, 0.29) is 6.04 Å². The Morgan fingerprint density at radius 1 is 1.11 bits per heavy atom. The van der Waals surface area contributed by atoms with Gasteiger partial charge in [-0.3, -0.25) is 9.88 Å². The van der Waals surface area contributed by atoms with E-state index in [1.165, 1.54) is 27.8 Å². The highest BCUT2D eigenvalue weighted by atomic mass is 16.1. The van der Waals surface area contributed by atoms with Crippen molar-refractivity contribution in [3.8, 4) is 11.1 Å². The number of carbonyl (C=O) groups is 1. The number of fused-ring (bicyclic) bond motifs is 1. The molecule has 0 spiro atoms. The third kappa shape index (κ3) is 3.43. The number of hydrogen-bond acceptors (Lipinski definition) is 3. The minimum Gasteiger partial charge on any atom is -0.301 e. The second-order valence-electron chi connectivity index (χ2n) is 7.26. The Balaban J connectivity index is 1.64. The number of pyridine rings is 1. The molecule has 0 saturated carbocycles. The van der Waals surface area contributed by atoms with Crippen molar-refractivity contribution in [2.24, 2.45) is 0 Å². The number of aromatic nitrogens is 1. The number of nitrogens with zero attached hydrogens (tertiary/aromatic N) is 2. The second kappa shape index (κ2) is 7.45. The van der Waals surface area contributed by atoms with Crippen LogP contribution in [0.25, 0.3) is 11.1 Å². The summed E-state index contributed by atoms with van der Waals surface area (Å²) in [6.07, 6.45) is 5.81. The van der Waals surface area contributed by atoms with E-state index < -0.39 is 0 Å². The third-order valence-corrected chi connectivity index (χ3v) is 5.48. The molecule has 3 heteroatoms. The summed E-state index contributed by atoms with van der Waals surface area (Å²) in [5.74, 6) is 0. The van der Waals surface area contributed by atoms with Crippen molar-refractivity contribution in [2.45, 2.75) is 39.4 Å². The van der Waals surface area contributed by atoms with Crippen molar-refractivity contribution in [3.05, 3.63) is 88.7 Å². The van der Waals surface area contributed by atoms with Gasteiger partial charge < -0.3 is 4.79 Å². The predicted octanol–water partition coefficient (Wildman–Crippen LogP) is 4.88. The van der Waals surface area contributed by atoms with E-state index in [1.807, 2.05) is 12.3 Å². The van der Waals surface area contributed by atoms with Crippen molar-refractivity contribution < 1.29 is 4.79 Å². The Hall–Kier alpha value is -2.78. The van der Waals surface area contributed by atoms with Gasteiger partial charge >= 0.3 is 0 Å². The lowest BCUT2D eigenvalue weighted by atomic mass is 9.94. The average Bonchev–Trinajstić information content (AvgIpc) is 3.06. The Morgan fingerprint density at radius 3 is 2.56 bits per heavy atom. The van der Waals surface area contributed by atoms with E-state index in [0.29, 0.717) is 0 Å². The highest BCUT2D eigenvalue weighted by Gasteiger charge is 2.31. The number of carbonyl (C=O) groups excluding carboxylic acids is 1. The molecule has 0 radical (unpaired) electrons. The lowest BCUT2D eigenvalue weighted by molar-refractivity contribution is -0.112. The van der Waals surface area contributed by atoms with Crippen LogP contribution in [-0.4, -0.2) is 16.2 Å². The van der Waals surface area contributed by atoms with Crippen LogP contribution >= 0.6 is 0 Å². The first-order chi connectivity index (χ1) is 13.2. The zero-order chi connectivity index (χ0) is 18.8. The molecule has 4 rings (SSSR count). The van der Waals surface area contributed by atoms with E-state index >= 15 is 0 Å². The quantitative estimate of drug-likeness (QED) is 0.611. The summed E-state index contributed by atoms with van der Waals surface area (Å²) in [5, 5.41) is 0. The maximum Gasteiger partial charge on any atom is 0.141 e. The fourth-order valence-corrected chi connectivity index (χ4v) is 4.05. The molecule has 1 aromatic heterocycles. The van der Waals surface area contributed by atoms with Gasteiger partial charge in [0.2, 0.25) is 0 Å². The van der Waals surface area contributed by atoms with Crippen LogP contribution in [-0.2, 0) is 24.3 Å². The van der Waals surface area contributed by atoms with Crippen LogP contribution in [0.5, 0.6) is 0 Å². The average molecular weight is 356 g/mol. The highest BCUT2D eigenvalue weighted by molar-refractivity contribution is 5.71. The van der Waals surface area contributed by atoms with Crippen molar-refractivity contribution >= 4 is 6.29 Å². The molecule has 0 aliphatic carbocycles. The van der Waals surface area contributed by atoms with Gasteiger partial charge in [0.15, 0.2) is 0 Å². The molecule has 3 aromatic rings. The topological polar surface area (TPSA) is 33.2 Å². The van der Waals surface area contributed by atoms with Crippen LogP contribution in [0.1, 0.15) is 40.8 Å². The van der Waals surface area contributed by atoms with E-state index in [0.717, 1.165) is 36.9 Å². The van der Waals surface area contributed by atoms with Gasteiger partial charge in [-0.25, -0.2) is 0 Å². The SMILES string of the molecule is CCc1ccc(CN2Cc3cc(-c4cccnc4)cc(C)c3C2C=O)cc1. The number of aldehydes is 1. The molecule has 2 heterocycles.